The molecule has 2 aromatic heterocycles. The van der Waals surface area contributed by atoms with Gasteiger partial charge in [0, 0.05) is 30.6 Å². The zero-order valence-electron chi connectivity index (χ0n) is 16.9. The molecule has 1 fully saturated rings. The molecule has 1 saturated heterocycles. The predicted molar refractivity (Wildman–Crippen MR) is 113 cm³/mol. The van der Waals surface area contributed by atoms with Crippen LogP contribution in [0.15, 0.2) is 30.6 Å². The average Bonchev–Trinajstić information content (AvgIpc) is 2.73. The predicted octanol–water partition coefficient (Wildman–Crippen LogP) is 2.77. The minimum atomic E-state index is -0.0877. The molecule has 3 rings (SSSR count). The van der Waals surface area contributed by atoms with E-state index in [2.05, 4.69) is 44.7 Å². The first-order chi connectivity index (χ1) is 13.7. The number of pyridine rings is 1. The van der Waals surface area contributed by atoms with Gasteiger partial charge in [-0.3, -0.25) is 4.98 Å². The van der Waals surface area contributed by atoms with Crippen molar-refractivity contribution < 1.29 is 5.11 Å². The van der Waals surface area contributed by atoms with Crippen LogP contribution < -0.4 is 16.0 Å². The van der Waals surface area contributed by atoms with Crippen molar-refractivity contribution in [3.05, 3.63) is 30.6 Å². The van der Waals surface area contributed by atoms with Gasteiger partial charge in [0.05, 0.1) is 18.3 Å². The van der Waals surface area contributed by atoms with Crippen LogP contribution in [0.3, 0.4) is 0 Å². The third-order valence-corrected chi connectivity index (χ3v) is 5.34. The number of aliphatic hydroxyl groups excluding tert-OH is 1. The number of rotatable bonds is 9. The number of anilines is 2. The minimum absolute atomic E-state index is 0.0407. The minimum Gasteiger partial charge on any atom is -0.394 e. The molecule has 1 aliphatic heterocycles. The van der Waals surface area contributed by atoms with Crippen LogP contribution in [0.5, 0.6) is 0 Å². The van der Waals surface area contributed by atoms with Crippen LogP contribution in [-0.4, -0.2) is 52.3 Å². The van der Waals surface area contributed by atoms with Crippen LogP contribution in [-0.2, 0) is 0 Å². The quantitative estimate of drug-likeness (QED) is 0.528. The number of nitrogens with zero attached hydrogens (tertiary/aromatic N) is 3. The monoisotopic (exact) mass is 384 g/mol. The lowest BCUT2D eigenvalue weighted by atomic mass is 9.95. The first kappa shape index (κ1) is 20.5. The summed E-state index contributed by atoms with van der Waals surface area (Å²) in [6.07, 6.45) is 7.16. The van der Waals surface area contributed by atoms with E-state index < -0.39 is 0 Å². The lowest BCUT2D eigenvalue weighted by Gasteiger charge is -2.23. The van der Waals surface area contributed by atoms with Crippen molar-refractivity contribution in [2.45, 2.75) is 39.2 Å². The number of hydrogen-bond acceptors (Lipinski definition) is 7. The third-order valence-electron chi connectivity index (χ3n) is 5.34. The molecule has 2 aromatic rings. The fourth-order valence-electron chi connectivity index (χ4n) is 3.44. The number of aromatic nitrogens is 3. The van der Waals surface area contributed by atoms with E-state index in [9.17, 15) is 5.11 Å². The largest absolute Gasteiger partial charge is 0.394 e. The maximum atomic E-state index is 9.65. The maximum absolute atomic E-state index is 9.65. The summed E-state index contributed by atoms with van der Waals surface area (Å²) < 4.78 is 0. The molecule has 0 spiro atoms. The standard InChI is InChI=1S/C21H32N6O/c1-15(2)19(14-28)26-21-25-18(17-6-10-23-11-7-17)13-20(27-21)24-12-5-16-3-8-22-9-4-16/h6-7,10-11,13,15-16,19,22,28H,3-5,8-9,12,14H2,1-2H3,(H2,24,25,26,27)/t19-/m1/s1. The molecule has 28 heavy (non-hydrogen) atoms. The molecule has 0 unspecified atom stereocenters. The molecule has 1 aliphatic rings. The molecule has 0 aliphatic carbocycles. The van der Waals surface area contributed by atoms with Crippen LogP contribution in [0.4, 0.5) is 11.8 Å². The van der Waals surface area contributed by atoms with E-state index in [1.807, 2.05) is 18.2 Å². The smallest absolute Gasteiger partial charge is 0.225 e. The molecular weight excluding hydrogens is 352 g/mol. The van der Waals surface area contributed by atoms with E-state index in [0.717, 1.165) is 49.0 Å². The summed E-state index contributed by atoms with van der Waals surface area (Å²) in [5.74, 6) is 2.38. The lowest BCUT2D eigenvalue weighted by Crippen LogP contribution is -2.30. The fraction of sp³-hybridized carbons (Fsp3) is 0.571. The van der Waals surface area contributed by atoms with Gasteiger partial charge in [-0.2, -0.15) is 4.98 Å². The molecule has 1 atom stereocenters. The molecular formula is C21H32N6O. The second-order valence-corrected chi connectivity index (χ2v) is 7.78. The average molecular weight is 385 g/mol. The molecule has 152 valence electrons. The van der Waals surface area contributed by atoms with Crippen LogP contribution in [0.2, 0.25) is 0 Å². The van der Waals surface area contributed by atoms with Crippen LogP contribution in [0.25, 0.3) is 11.3 Å². The van der Waals surface area contributed by atoms with E-state index in [1.54, 1.807) is 12.4 Å². The van der Waals surface area contributed by atoms with E-state index in [0.29, 0.717) is 5.95 Å². The Hall–Kier alpha value is -2.25. The van der Waals surface area contributed by atoms with Crippen molar-refractivity contribution in [1.29, 1.82) is 0 Å². The summed E-state index contributed by atoms with van der Waals surface area (Å²) in [6.45, 7) is 7.31. The summed E-state index contributed by atoms with van der Waals surface area (Å²) in [6, 6.07) is 5.77. The molecule has 3 heterocycles. The Morgan fingerprint density at radius 3 is 2.61 bits per heavy atom. The highest BCUT2D eigenvalue weighted by Gasteiger charge is 2.16. The highest BCUT2D eigenvalue weighted by atomic mass is 16.3. The van der Waals surface area contributed by atoms with Gasteiger partial charge in [-0.05, 0) is 56.3 Å². The van der Waals surface area contributed by atoms with Gasteiger partial charge in [0.2, 0.25) is 5.95 Å². The topological polar surface area (TPSA) is 95.0 Å². The van der Waals surface area contributed by atoms with Gasteiger partial charge in [0.1, 0.15) is 5.82 Å². The summed E-state index contributed by atoms with van der Waals surface area (Å²) in [5.41, 5.74) is 1.83. The molecule has 4 N–H and O–H groups in total. The second-order valence-electron chi connectivity index (χ2n) is 7.78. The van der Waals surface area contributed by atoms with Gasteiger partial charge < -0.3 is 21.1 Å². The Morgan fingerprint density at radius 2 is 1.93 bits per heavy atom. The Kier molecular flexibility index (Phi) is 7.56. The van der Waals surface area contributed by atoms with Crippen LogP contribution in [0.1, 0.15) is 33.1 Å². The Balaban J connectivity index is 1.74. The van der Waals surface area contributed by atoms with Crippen molar-refractivity contribution in [2.24, 2.45) is 11.8 Å². The van der Waals surface area contributed by atoms with Gasteiger partial charge in [0.25, 0.3) is 0 Å². The van der Waals surface area contributed by atoms with Gasteiger partial charge in [0.15, 0.2) is 0 Å². The molecule has 7 nitrogen and oxygen atoms in total. The van der Waals surface area contributed by atoms with E-state index in [-0.39, 0.29) is 18.6 Å². The van der Waals surface area contributed by atoms with Crippen molar-refractivity contribution in [2.75, 3.05) is 36.9 Å². The van der Waals surface area contributed by atoms with Gasteiger partial charge in [-0.15, -0.1) is 0 Å². The molecule has 0 saturated carbocycles. The Bertz CT molecular complexity index is 718. The summed E-state index contributed by atoms with van der Waals surface area (Å²) >= 11 is 0. The van der Waals surface area contributed by atoms with Crippen molar-refractivity contribution >= 4 is 11.8 Å². The Morgan fingerprint density at radius 1 is 1.18 bits per heavy atom. The summed E-state index contributed by atoms with van der Waals surface area (Å²) in [7, 11) is 0. The fourth-order valence-corrected chi connectivity index (χ4v) is 3.44. The van der Waals surface area contributed by atoms with Gasteiger partial charge in [-0.1, -0.05) is 13.8 Å². The maximum Gasteiger partial charge on any atom is 0.225 e. The third kappa shape index (κ3) is 5.87. The van der Waals surface area contributed by atoms with Crippen molar-refractivity contribution in [3.8, 4) is 11.3 Å². The highest BCUT2D eigenvalue weighted by molar-refractivity contribution is 5.63. The van der Waals surface area contributed by atoms with Gasteiger partial charge in [-0.25, -0.2) is 4.98 Å². The number of piperidine rings is 1. The SMILES string of the molecule is CC(C)[C@@H](CO)Nc1nc(NCCC2CCNCC2)cc(-c2ccncc2)n1. The molecule has 7 heteroatoms. The zero-order chi connectivity index (χ0) is 19.8. The highest BCUT2D eigenvalue weighted by Crippen LogP contribution is 2.22. The molecule has 0 radical (unpaired) electrons. The lowest BCUT2D eigenvalue weighted by molar-refractivity contribution is 0.248. The van der Waals surface area contributed by atoms with Crippen molar-refractivity contribution in [3.63, 3.8) is 0 Å². The number of hydrogen-bond donors (Lipinski definition) is 4. The summed E-state index contributed by atoms with van der Waals surface area (Å²) in [5, 5.41) is 19.8. The summed E-state index contributed by atoms with van der Waals surface area (Å²) in [4.78, 5) is 13.4. The first-order valence-corrected chi connectivity index (χ1v) is 10.3. The van der Waals surface area contributed by atoms with E-state index in [1.165, 1.54) is 12.8 Å². The number of aliphatic hydroxyl groups is 1. The van der Waals surface area contributed by atoms with Gasteiger partial charge >= 0.3 is 0 Å². The molecule has 0 aromatic carbocycles. The van der Waals surface area contributed by atoms with Crippen molar-refractivity contribution in [1.82, 2.24) is 20.3 Å². The zero-order valence-corrected chi connectivity index (χ0v) is 16.9. The molecule has 0 amide bonds. The first-order valence-electron chi connectivity index (χ1n) is 10.3. The molecule has 0 bridgehead atoms. The van der Waals surface area contributed by atoms with Crippen LogP contribution >= 0.6 is 0 Å². The number of nitrogens with one attached hydrogen (secondary N) is 3. The van der Waals surface area contributed by atoms with Crippen LogP contribution in [0, 0.1) is 11.8 Å². The second kappa shape index (κ2) is 10.3. The van der Waals surface area contributed by atoms with E-state index in [4.69, 9.17) is 0 Å². The normalized spacial score (nSPS) is 16.1. The van der Waals surface area contributed by atoms with E-state index >= 15 is 0 Å². The Labute approximate surface area is 167 Å².